The summed E-state index contributed by atoms with van der Waals surface area (Å²) in [6.45, 7) is 5.58. The first-order valence-electron chi connectivity index (χ1n) is 7.34. The van der Waals surface area contributed by atoms with E-state index in [4.69, 9.17) is 0 Å². The predicted molar refractivity (Wildman–Crippen MR) is 101 cm³/mol. The van der Waals surface area contributed by atoms with Gasteiger partial charge in [-0.1, -0.05) is 18.7 Å². The average Bonchev–Trinajstić information content (AvgIpc) is 3.24. The minimum absolute atomic E-state index is 0. The summed E-state index contributed by atoms with van der Waals surface area (Å²) >= 11 is 0. The molecule has 4 rings (SSSR count). The van der Waals surface area contributed by atoms with Crippen molar-refractivity contribution in [1.82, 2.24) is 0 Å². The molecule has 0 heterocycles. The molecule has 0 aliphatic rings. The first-order valence-corrected chi connectivity index (χ1v) is 8.92. The minimum Gasteiger partial charge on any atom is -1.00 e. The van der Waals surface area contributed by atoms with Crippen LogP contribution in [0.1, 0.15) is 0 Å². The Labute approximate surface area is 184 Å². The molecule has 0 atom stereocenters. The third-order valence-corrected chi connectivity index (χ3v) is 3.71. The molecule has 25 heavy (non-hydrogen) atoms. The molecule has 0 unspecified atom stereocenters. The molecular weight excluding hydrogens is 530 g/mol. The fraction of sp³-hybridized carbons (Fsp3) is 0.0476. The summed E-state index contributed by atoms with van der Waals surface area (Å²) in [5.41, 5.74) is 1.90. The SMILES string of the molecule is C=C[Si]C.[Cl-].[Cl-].[Hf+4].c1ccc2[cH-]ccc2c1.c1ccc2[cH-]ccc2c1. The first-order chi connectivity index (χ1) is 10.8. The van der Waals surface area contributed by atoms with Crippen LogP contribution in [-0.2, 0) is 25.8 Å². The predicted octanol–water partition coefficient (Wildman–Crippen LogP) is 0.00510. The largest absolute Gasteiger partial charge is 4.00 e. The zero-order chi connectivity index (χ0) is 15.6. The van der Waals surface area contributed by atoms with Crippen LogP contribution < -0.4 is 24.8 Å². The van der Waals surface area contributed by atoms with Crippen LogP contribution in [0.4, 0.5) is 0 Å². The first kappa shape index (κ1) is 26.3. The standard InChI is InChI=1S/2C9H7.C3H6Si.2ClH.Hf/c2*1-2-5-9-7-3-6-8(9)4-1;1-3-4-2;;;/h2*1-7H;3H,1H2,2H3;2*1H;/q2*-1;;;;+4/p-2. The number of hydrogen-bond donors (Lipinski definition) is 0. The maximum Gasteiger partial charge on any atom is 4.00 e. The van der Waals surface area contributed by atoms with Crippen molar-refractivity contribution in [2.75, 3.05) is 0 Å². The molecule has 0 bridgehead atoms. The summed E-state index contributed by atoms with van der Waals surface area (Å²) in [5.74, 6) is 0. The van der Waals surface area contributed by atoms with Gasteiger partial charge in [0.05, 0.1) is 9.52 Å². The van der Waals surface area contributed by atoms with E-state index in [1.54, 1.807) is 0 Å². The van der Waals surface area contributed by atoms with Crippen molar-refractivity contribution < 1.29 is 50.7 Å². The van der Waals surface area contributed by atoms with Crippen LogP contribution in [0.3, 0.4) is 0 Å². The van der Waals surface area contributed by atoms with Gasteiger partial charge in [0.15, 0.2) is 0 Å². The molecule has 0 saturated heterocycles. The second-order valence-corrected chi connectivity index (χ2v) is 5.79. The molecule has 0 spiro atoms. The Morgan fingerprint density at radius 3 is 1.44 bits per heavy atom. The van der Waals surface area contributed by atoms with Crippen LogP contribution in [0.2, 0.25) is 6.55 Å². The number of benzene rings is 2. The Hall–Kier alpha value is -0.933. The van der Waals surface area contributed by atoms with Crippen molar-refractivity contribution >= 4 is 31.1 Å². The summed E-state index contributed by atoms with van der Waals surface area (Å²) in [6, 6.07) is 29.3. The van der Waals surface area contributed by atoms with Gasteiger partial charge in [-0.2, -0.15) is 35.0 Å². The van der Waals surface area contributed by atoms with Gasteiger partial charge in [0, 0.05) is 0 Å². The quantitative estimate of drug-likeness (QED) is 0.232. The van der Waals surface area contributed by atoms with Crippen molar-refractivity contribution in [2.24, 2.45) is 0 Å². The maximum absolute atomic E-state index is 3.49. The van der Waals surface area contributed by atoms with Crippen LogP contribution in [0.15, 0.2) is 97.2 Å². The van der Waals surface area contributed by atoms with Crippen LogP contribution in [0.5, 0.6) is 0 Å². The van der Waals surface area contributed by atoms with Crippen LogP contribution in [-0.4, -0.2) is 9.52 Å². The van der Waals surface area contributed by atoms with Crippen LogP contribution in [0, 0.1) is 0 Å². The molecule has 0 nitrogen and oxygen atoms in total. The molecule has 4 aromatic carbocycles. The summed E-state index contributed by atoms with van der Waals surface area (Å²) in [5, 5.41) is 5.32. The van der Waals surface area contributed by atoms with Gasteiger partial charge in [-0.25, -0.2) is 0 Å². The fourth-order valence-electron chi connectivity index (χ4n) is 2.14. The van der Waals surface area contributed by atoms with Gasteiger partial charge in [0.25, 0.3) is 0 Å². The van der Waals surface area contributed by atoms with Gasteiger partial charge in [-0.3, -0.25) is 0 Å². The van der Waals surface area contributed by atoms with Gasteiger partial charge < -0.3 is 24.8 Å². The average molecular weight is 550 g/mol. The van der Waals surface area contributed by atoms with Crippen molar-refractivity contribution in [1.29, 1.82) is 0 Å². The topological polar surface area (TPSA) is 0 Å². The molecule has 0 N–H and O–H groups in total. The number of fused-ring (bicyclic) bond motifs is 2. The van der Waals surface area contributed by atoms with Gasteiger partial charge >= 0.3 is 25.8 Å². The molecule has 4 aromatic rings. The van der Waals surface area contributed by atoms with E-state index in [0.717, 1.165) is 9.52 Å². The Morgan fingerprint density at radius 1 is 0.760 bits per heavy atom. The monoisotopic (exact) mass is 550 g/mol. The van der Waals surface area contributed by atoms with Crippen molar-refractivity contribution in [2.45, 2.75) is 6.55 Å². The second-order valence-electron chi connectivity index (χ2n) is 4.80. The van der Waals surface area contributed by atoms with Gasteiger partial charge in [0.2, 0.25) is 0 Å². The molecular formula is C21H20Cl2HfSi. The molecule has 0 aromatic heterocycles. The molecule has 0 saturated carbocycles. The zero-order valence-corrected chi connectivity index (χ0v) is 20.2. The zero-order valence-electron chi connectivity index (χ0n) is 14.1. The molecule has 0 fully saturated rings. The molecule has 0 aliphatic heterocycles. The Morgan fingerprint density at radius 2 is 1.12 bits per heavy atom. The molecule has 0 amide bonds. The Balaban J connectivity index is 0. The Kier molecular flexibility index (Phi) is 16.1. The van der Waals surface area contributed by atoms with Crippen molar-refractivity contribution in [3.05, 3.63) is 97.2 Å². The van der Waals surface area contributed by atoms with E-state index in [2.05, 4.69) is 98.1 Å². The fourth-order valence-corrected chi connectivity index (χ4v) is 2.14. The van der Waals surface area contributed by atoms with Gasteiger partial charge in [-0.15, -0.1) is 71.6 Å². The van der Waals surface area contributed by atoms with E-state index in [0.29, 0.717) is 0 Å². The van der Waals surface area contributed by atoms with E-state index < -0.39 is 0 Å². The Bertz CT molecular complexity index is 694. The molecule has 4 heteroatoms. The third-order valence-electron chi connectivity index (χ3n) is 3.30. The van der Waals surface area contributed by atoms with E-state index >= 15 is 0 Å². The number of rotatable bonds is 1. The maximum atomic E-state index is 3.49. The minimum atomic E-state index is 0. The smallest absolute Gasteiger partial charge is 1.00 e. The van der Waals surface area contributed by atoms with Crippen LogP contribution >= 0.6 is 0 Å². The van der Waals surface area contributed by atoms with E-state index in [9.17, 15) is 0 Å². The normalized spacial score (nSPS) is 8.36. The third kappa shape index (κ3) is 8.82. The second kappa shape index (κ2) is 15.3. The molecule has 126 valence electrons. The van der Waals surface area contributed by atoms with E-state index in [-0.39, 0.29) is 50.7 Å². The van der Waals surface area contributed by atoms with E-state index in [1.165, 1.54) is 21.5 Å². The van der Waals surface area contributed by atoms with E-state index in [1.807, 2.05) is 5.70 Å². The molecule has 0 aliphatic carbocycles. The summed E-state index contributed by atoms with van der Waals surface area (Å²) in [6.07, 6.45) is 0. The summed E-state index contributed by atoms with van der Waals surface area (Å²) < 4.78 is 0. The summed E-state index contributed by atoms with van der Waals surface area (Å²) in [4.78, 5) is 0. The van der Waals surface area contributed by atoms with Gasteiger partial charge in [0.1, 0.15) is 0 Å². The number of hydrogen-bond acceptors (Lipinski definition) is 0. The number of halogens is 2. The van der Waals surface area contributed by atoms with Crippen molar-refractivity contribution in [3.63, 3.8) is 0 Å². The molecule has 2 radical (unpaired) electrons. The summed E-state index contributed by atoms with van der Waals surface area (Å²) in [7, 11) is 0.904. The van der Waals surface area contributed by atoms with Crippen molar-refractivity contribution in [3.8, 4) is 0 Å². The van der Waals surface area contributed by atoms with Gasteiger partial charge in [-0.05, 0) is 0 Å². The van der Waals surface area contributed by atoms with Crippen LogP contribution in [0.25, 0.3) is 21.5 Å².